The van der Waals surface area contributed by atoms with Crippen LogP contribution in [0.2, 0.25) is 0 Å². The highest BCUT2D eigenvalue weighted by molar-refractivity contribution is 7.98. The smallest absolute Gasteiger partial charge is 0.251 e. The second kappa shape index (κ2) is 10.4. The summed E-state index contributed by atoms with van der Waals surface area (Å²) in [6.45, 7) is 0. The van der Waals surface area contributed by atoms with Crippen LogP contribution in [0.4, 0.5) is 0 Å². The van der Waals surface area contributed by atoms with Crippen LogP contribution in [0.3, 0.4) is 0 Å². The van der Waals surface area contributed by atoms with Gasteiger partial charge in [-0.25, -0.2) is 0 Å². The average Bonchev–Trinajstić information content (AvgIpc) is 2.87. The maximum atomic E-state index is 12.7. The molecular formula is C19H28N2O2S. The first kappa shape index (κ1) is 18.8. The van der Waals surface area contributed by atoms with E-state index in [0.29, 0.717) is 12.0 Å². The zero-order valence-electron chi connectivity index (χ0n) is 14.4. The topological polar surface area (TPSA) is 58.2 Å². The summed E-state index contributed by atoms with van der Waals surface area (Å²) in [6.07, 6.45) is 9.63. The van der Waals surface area contributed by atoms with Crippen molar-refractivity contribution in [2.45, 2.75) is 57.0 Å². The SMILES string of the molecule is CSCC[C@H](NC(=O)c1ccccc1)C(=O)NC1CCCCCC1. The van der Waals surface area contributed by atoms with Gasteiger partial charge in [-0.15, -0.1) is 0 Å². The van der Waals surface area contributed by atoms with Crippen LogP contribution >= 0.6 is 11.8 Å². The van der Waals surface area contributed by atoms with Crippen molar-refractivity contribution >= 4 is 23.6 Å². The number of nitrogens with one attached hydrogen (secondary N) is 2. The Hall–Kier alpha value is -1.49. The molecule has 0 aromatic heterocycles. The molecule has 5 heteroatoms. The van der Waals surface area contributed by atoms with Gasteiger partial charge < -0.3 is 10.6 Å². The highest BCUT2D eigenvalue weighted by Gasteiger charge is 2.23. The Morgan fingerprint density at radius 1 is 1.12 bits per heavy atom. The fraction of sp³-hybridized carbons (Fsp3) is 0.579. The van der Waals surface area contributed by atoms with E-state index in [-0.39, 0.29) is 17.9 Å². The van der Waals surface area contributed by atoms with Crippen molar-refractivity contribution in [1.29, 1.82) is 0 Å². The Kier molecular flexibility index (Phi) is 8.16. The first-order valence-corrected chi connectivity index (χ1v) is 10.3. The highest BCUT2D eigenvalue weighted by Crippen LogP contribution is 2.17. The largest absolute Gasteiger partial charge is 0.352 e. The number of rotatable bonds is 7. The zero-order valence-corrected chi connectivity index (χ0v) is 15.2. The van der Waals surface area contributed by atoms with Crippen LogP contribution in [0.25, 0.3) is 0 Å². The van der Waals surface area contributed by atoms with Gasteiger partial charge in [0, 0.05) is 11.6 Å². The van der Waals surface area contributed by atoms with Gasteiger partial charge in [0.15, 0.2) is 0 Å². The number of carbonyl (C=O) groups excluding carboxylic acids is 2. The van der Waals surface area contributed by atoms with Gasteiger partial charge in [0.05, 0.1) is 0 Å². The molecule has 0 heterocycles. The van der Waals surface area contributed by atoms with Gasteiger partial charge in [0.2, 0.25) is 5.91 Å². The summed E-state index contributed by atoms with van der Waals surface area (Å²) >= 11 is 1.69. The van der Waals surface area contributed by atoms with Crippen LogP contribution in [-0.2, 0) is 4.79 Å². The quantitative estimate of drug-likeness (QED) is 0.743. The van der Waals surface area contributed by atoms with E-state index in [1.54, 1.807) is 23.9 Å². The molecule has 0 aliphatic heterocycles. The molecular weight excluding hydrogens is 320 g/mol. The number of amides is 2. The molecule has 2 rings (SSSR count). The van der Waals surface area contributed by atoms with Crippen molar-refractivity contribution < 1.29 is 9.59 Å². The lowest BCUT2D eigenvalue weighted by Crippen LogP contribution is -2.49. The van der Waals surface area contributed by atoms with E-state index in [1.165, 1.54) is 25.7 Å². The van der Waals surface area contributed by atoms with Gasteiger partial charge in [-0.05, 0) is 43.4 Å². The van der Waals surface area contributed by atoms with E-state index < -0.39 is 6.04 Å². The molecule has 0 unspecified atom stereocenters. The molecule has 1 aliphatic carbocycles. The molecule has 0 bridgehead atoms. The summed E-state index contributed by atoms with van der Waals surface area (Å²) in [6, 6.07) is 8.86. The second-order valence-corrected chi connectivity index (χ2v) is 7.36. The van der Waals surface area contributed by atoms with Crippen molar-refractivity contribution in [1.82, 2.24) is 10.6 Å². The van der Waals surface area contributed by atoms with E-state index in [1.807, 2.05) is 24.5 Å². The number of thioether (sulfide) groups is 1. The van der Waals surface area contributed by atoms with Gasteiger partial charge >= 0.3 is 0 Å². The van der Waals surface area contributed by atoms with Crippen LogP contribution in [-0.4, -0.2) is 35.9 Å². The number of carbonyl (C=O) groups is 2. The minimum atomic E-state index is -0.464. The van der Waals surface area contributed by atoms with Crippen LogP contribution in [0, 0.1) is 0 Å². The van der Waals surface area contributed by atoms with Crippen LogP contribution in [0.5, 0.6) is 0 Å². The summed E-state index contributed by atoms with van der Waals surface area (Å²) < 4.78 is 0. The molecule has 24 heavy (non-hydrogen) atoms. The zero-order chi connectivity index (χ0) is 17.2. The fourth-order valence-electron chi connectivity index (χ4n) is 3.06. The maximum absolute atomic E-state index is 12.7. The summed E-state index contributed by atoms with van der Waals surface area (Å²) in [5.41, 5.74) is 0.592. The first-order chi connectivity index (χ1) is 11.7. The van der Waals surface area contributed by atoms with Crippen molar-refractivity contribution in [3.63, 3.8) is 0 Å². The Balaban J connectivity index is 1.95. The number of hydrogen-bond acceptors (Lipinski definition) is 3. The predicted molar refractivity (Wildman–Crippen MR) is 100 cm³/mol. The average molecular weight is 349 g/mol. The minimum Gasteiger partial charge on any atom is -0.352 e. The molecule has 2 N–H and O–H groups in total. The lowest BCUT2D eigenvalue weighted by atomic mass is 10.1. The van der Waals surface area contributed by atoms with Crippen molar-refractivity contribution in [2.24, 2.45) is 0 Å². The molecule has 0 saturated heterocycles. The molecule has 1 fully saturated rings. The minimum absolute atomic E-state index is 0.0415. The highest BCUT2D eigenvalue weighted by atomic mass is 32.2. The standard InChI is InChI=1S/C19H28N2O2S/c1-24-14-13-17(21-18(22)15-9-5-4-6-10-15)19(23)20-16-11-7-2-3-8-12-16/h4-6,9-10,16-17H,2-3,7-8,11-14H2,1H3,(H,20,23)(H,21,22)/t17-/m0/s1. The molecule has 1 aliphatic rings. The van der Waals surface area contributed by atoms with Crippen molar-refractivity contribution in [3.05, 3.63) is 35.9 Å². The summed E-state index contributed by atoms with van der Waals surface area (Å²) in [5, 5.41) is 6.07. The van der Waals surface area contributed by atoms with Crippen LogP contribution in [0.1, 0.15) is 55.3 Å². The summed E-state index contributed by atoms with van der Waals surface area (Å²) in [4.78, 5) is 25.0. The predicted octanol–water partition coefficient (Wildman–Crippen LogP) is 3.38. The van der Waals surface area contributed by atoms with Gasteiger partial charge in [-0.1, -0.05) is 43.9 Å². The molecule has 1 atom stereocenters. The second-order valence-electron chi connectivity index (χ2n) is 6.37. The Labute approximate surface area is 149 Å². The van der Waals surface area contributed by atoms with Gasteiger partial charge in [0.1, 0.15) is 6.04 Å². The molecule has 2 amide bonds. The normalized spacial score (nSPS) is 16.9. The van der Waals surface area contributed by atoms with E-state index >= 15 is 0 Å². The Bertz CT molecular complexity index is 513. The summed E-state index contributed by atoms with van der Waals surface area (Å²) in [5.74, 6) is 0.621. The monoisotopic (exact) mass is 348 g/mol. The van der Waals surface area contributed by atoms with Gasteiger partial charge in [0.25, 0.3) is 5.91 Å². The van der Waals surface area contributed by atoms with Crippen LogP contribution < -0.4 is 10.6 Å². The third-order valence-corrected chi connectivity index (χ3v) is 5.11. The van der Waals surface area contributed by atoms with E-state index in [9.17, 15) is 9.59 Å². The third kappa shape index (κ3) is 6.19. The van der Waals surface area contributed by atoms with Crippen molar-refractivity contribution in [2.75, 3.05) is 12.0 Å². The Morgan fingerprint density at radius 2 is 1.79 bits per heavy atom. The molecule has 1 saturated carbocycles. The summed E-state index contributed by atoms with van der Waals surface area (Å²) in [7, 11) is 0. The first-order valence-electron chi connectivity index (χ1n) is 8.86. The maximum Gasteiger partial charge on any atom is 0.251 e. The molecule has 4 nitrogen and oxygen atoms in total. The van der Waals surface area contributed by atoms with E-state index in [0.717, 1.165) is 18.6 Å². The van der Waals surface area contributed by atoms with Crippen molar-refractivity contribution in [3.8, 4) is 0 Å². The lowest BCUT2D eigenvalue weighted by molar-refractivity contribution is -0.123. The Morgan fingerprint density at radius 3 is 2.42 bits per heavy atom. The van der Waals surface area contributed by atoms with Crippen LogP contribution in [0.15, 0.2) is 30.3 Å². The molecule has 1 aromatic carbocycles. The van der Waals surface area contributed by atoms with E-state index in [2.05, 4.69) is 10.6 Å². The number of hydrogen-bond donors (Lipinski definition) is 2. The molecule has 0 spiro atoms. The molecule has 1 aromatic rings. The molecule has 132 valence electrons. The van der Waals surface area contributed by atoms with E-state index in [4.69, 9.17) is 0 Å². The van der Waals surface area contributed by atoms with Gasteiger partial charge in [-0.3, -0.25) is 9.59 Å². The molecule has 0 radical (unpaired) electrons. The fourth-order valence-corrected chi connectivity index (χ4v) is 3.53. The lowest BCUT2D eigenvalue weighted by Gasteiger charge is -2.22. The van der Waals surface area contributed by atoms with Gasteiger partial charge in [-0.2, -0.15) is 11.8 Å². The number of benzene rings is 1. The third-order valence-electron chi connectivity index (χ3n) is 4.47.